The summed E-state index contributed by atoms with van der Waals surface area (Å²) < 4.78 is 0. The summed E-state index contributed by atoms with van der Waals surface area (Å²) in [6.45, 7) is 9.29. The Kier molecular flexibility index (Phi) is 6.93. The first-order valence-electron chi connectivity index (χ1n) is 8.54. The van der Waals surface area contributed by atoms with Crippen molar-refractivity contribution in [2.24, 2.45) is 5.92 Å². The van der Waals surface area contributed by atoms with E-state index in [2.05, 4.69) is 27.4 Å². The first-order chi connectivity index (χ1) is 10.1. The molecule has 0 radical (unpaired) electrons. The van der Waals surface area contributed by atoms with Crippen molar-refractivity contribution < 1.29 is 4.79 Å². The minimum Gasteiger partial charge on any atom is -0.352 e. The van der Waals surface area contributed by atoms with Gasteiger partial charge >= 0.3 is 0 Å². The minimum absolute atomic E-state index is 0.192. The monoisotopic (exact) mass is 296 g/mol. The van der Waals surface area contributed by atoms with E-state index in [4.69, 9.17) is 0 Å². The third-order valence-corrected chi connectivity index (χ3v) is 4.80. The molecule has 1 saturated carbocycles. The van der Waals surface area contributed by atoms with Crippen molar-refractivity contribution in [2.45, 2.75) is 38.6 Å². The maximum absolute atomic E-state index is 12.1. The molecule has 0 spiro atoms. The number of nitrogens with zero attached hydrogens (tertiary/aromatic N) is 2. The molecule has 2 rings (SSSR count). The number of nitrogens with one attached hydrogen (secondary N) is 2. The van der Waals surface area contributed by atoms with Gasteiger partial charge in [0.25, 0.3) is 0 Å². The second kappa shape index (κ2) is 8.71. The predicted molar refractivity (Wildman–Crippen MR) is 86.4 cm³/mol. The molecule has 2 aliphatic rings. The summed E-state index contributed by atoms with van der Waals surface area (Å²) >= 11 is 0. The lowest BCUT2D eigenvalue weighted by Crippen LogP contribution is -2.47. The normalized spacial score (nSPS) is 27.8. The van der Waals surface area contributed by atoms with Gasteiger partial charge in [0.1, 0.15) is 0 Å². The zero-order chi connectivity index (χ0) is 15.1. The van der Waals surface area contributed by atoms with E-state index in [1.165, 1.54) is 12.8 Å². The van der Waals surface area contributed by atoms with Gasteiger partial charge in [0.2, 0.25) is 5.91 Å². The van der Waals surface area contributed by atoms with Crippen LogP contribution >= 0.6 is 0 Å². The number of amides is 1. The fourth-order valence-corrected chi connectivity index (χ4v) is 3.25. The van der Waals surface area contributed by atoms with Gasteiger partial charge in [-0.05, 0) is 38.6 Å². The molecule has 0 aromatic carbocycles. The molecular formula is C16H32N4O. The SMILES string of the molecule is CC1CCC(NC(=O)CN(C)CCN2CCNCC2)CC1. The fourth-order valence-electron chi connectivity index (χ4n) is 3.25. The molecule has 2 N–H and O–H groups in total. The molecule has 21 heavy (non-hydrogen) atoms. The van der Waals surface area contributed by atoms with Crippen LogP contribution in [0.3, 0.4) is 0 Å². The molecule has 0 aromatic heterocycles. The van der Waals surface area contributed by atoms with Crippen LogP contribution in [0.25, 0.3) is 0 Å². The summed E-state index contributed by atoms with van der Waals surface area (Å²) in [4.78, 5) is 16.7. The van der Waals surface area contributed by atoms with Crippen molar-refractivity contribution in [3.8, 4) is 0 Å². The van der Waals surface area contributed by atoms with E-state index >= 15 is 0 Å². The Morgan fingerprint density at radius 3 is 2.57 bits per heavy atom. The standard InChI is InChI=1S/C16H32N4O/c1-14-3-5-15(6-4-14)18-16(21)13-19(2)11-12-20-9-7-17-8-10-20/h14-15,17H,3-13H2,1-2H3,(H,18,21). The van der Waals surface area contributed by atoms with Crippen LogP contribution in [-0.2, 0) is 4.79 Å². The Bertz CT molecular complexity index is 309. The van der Waals surface area contributed by atoms with E-state index in [-0.39, 0.29) is 5.91 Å². The summed E-state index contributed by atoms with van der Waals surface area (Å²) in [6.07, 6.45) is 4.81. The van der Waals surface area contributed by atoms with Crippen LogP contribution in [0.4, 0.5) is 0 Å². The van der Waals surface area contributed by atoms with E-state index in [9.17, 15) is 4.79 Å². The van der Waals surface area contributed by atoms with E-state index in [1.807, 2.05) is 7.05 Å². The molecule has 0 atom stereocenters. The lowest BCUT2D eigenvalue weighted by Gasteiger charge is -2.30. The van der Waals surface area contributed by atoms with Gasteiger partial charge in [-0.15, -0.1) is 0 Å². The molecular weight excluding hydrogens is 264 g/mol. The number of hydrogen-bond acceptors (Lipinski definition) is 4. The van der Waals surface area contributed by atoms with E-state index in [0.29, 0.717) is 12.6 Å². The topological polar surface area (TPSA) is 47.6 Å². The van der Waals surface area contributed by atoms with Crippen molar-refractivity contribution in [2.75, 3.05) is 52.9 Å². The van der Waals surface area contributed by atoms with Gasteiger partial charge in [-0.1, -0.05) is 6.92 Å². The molecule has 0 unspecified atom stereocenters. The maximum atomic E-state index is 12.1. The summed E-state index contributed by atoms with van der Waals surface area (Å²) in [5.41, 5.74) is 0. The Hall–Kier alpha value is -0.650. The number of carbonyl (C=O) groups excluding carboxylic acids is 1. The number of rotatable bonds is 6. The highest BCUT2D eigenvalue weighted by molar-refractivity contribution is 5.78. The smallest absolute Gasteiger partial charge is 0.234 e. The first kappa shape index (κ1) is 16.7. The second-order valence-electron chi connectivity index (χ2n) is 6.85. The van der Waals surface area contributed by atoms with Gasteiger partial charge in [-0.25, -0.2) is 0 Å². The minimum atomic E-state index is 0.192. The van der Waals surface area contributed by atoms with Gasteiger partial charge in [-0.3, -0.25) is 14.6 Å². The average Bonchev–Trinajstić information content (AvgIpc) is 2.48. The zero-order valence-electron chi connectivity index (χ0n) is 13.7. The summed E-state index contributed by atoms with van der Waals surface area (Å²) in [5.74, 6) is 1.03. The van der Waals surface area contributed by atoms with Crippen molar-refractivity contribution >= 4 is 5.91 Å². The zero-order valence-corrected chi connectivity index (χ0v) is 13.7. The largest absolute Gasteiger partial charge is 0.352 e. The van der Waals surface area contributed by atoms with Crippen LogP contribution in [0.5, 0.6) is 0 Å². The van der Waals surface area contributed by atoms with Gasteiger partial charge in [0, 0.05) is 45.3 Å². The van der Waals surface area contributed by atoms with Crippen molar-refractivity contribution in [3.05, 3.63) is 0 Å². The summed E-state index contributed by atoms with van der Waals surface area (Å²) in [5, 5.41) is 6.57. The second-order valence-corrected chi connectivity index (χ2v) is 6.85. The van der Waals surface area contributed by atoms with E-state index in [0.717, 1.165) is 58.0 Å². The van der Waals surface area contributed by atoms with Gasteiger partial charge in [0.05, 0.1) is 6.54 Å². The van der Waals surface area contributed by atoms with Gasteiger partial charge in [-0.2, -0.15) is 0 Å². The molecule has 1 saturated heterocycles. The Morgan fingerprint density at radius 2 is 1.90 bits per heavy atom. The van der Waals surface area contributed by atoms with Crippen LogP contribution in [0.2, 0.25) is 0 Å². The van der Waals surface area contributed by atoms with Gasteiger partial charge < -0.3 is 10.6 Å². The molecule has 2 fully saturated rings. The van der Waals surface area contributed by atoms with E-state index < -0.39 is 0 Å². The van der Waals surface area contributed by atoms with Crippen LogP contribution in [0.15, 0.2) is 0 Å². The van der Waals surface area contributed by atoms with Crippen LogP contribution in [0.1, 0.15) is 32.6 Å². The van der Waals surface area contributed by atoms with Gasteiger partial charge in [0.15, 0.2) is 0 Å². The molecule has 0 aromatic rings. The van der Waals surface area contributed by atoms with Crippen molar-refractivity contribution in [1.29, 1.82) is 0 Å². The fraction of sp³-hybridized carbons (Fsp3) is 0.938. The summed E-state index contributed by atoms with van der Waals surface area (Å²) in [6, 6.07) is 0.412. The molecule has 0 bridgehead atoms. The Labute approximate surface area is 129 Å². The van der Waals surface area contributed by atoms with Crippen LogP contribution in [-0.4, -0.2) is 74.6 Å². The quantitative estimate of drug-likeness (QED) is 0.750. The molecule has 1 aliphatic heterocycles. The predicted octanol–water partition coefficient (Wildman–Crippen LogP) is 0.518. The number of piperazine rings is 1. The molecule has 5 heteroatoms. The highest BCUT2D eigenvalue weighted by Crippen LogP contribution is 2.23. The third-order valence-electron chi connectivity index (χ3n) is 4.80. The van der Waals surface area contributed by atoms with E-state index in [1.54, 1.807) is 0 Å². The Morgan fingerprint density at radius 1 is 1.24 bits per heavy atom. The third kappa shape index (κ3) is 6.32. The average molecular weight is 296 g/mol. The highest BCUT2D eigenvalue weighted by Gasteiger charge is 2.20. The van der Waals surface area contributed by atoms with Crippen molar-refractivity contribution in [1.82, 2.24) is 20.4 Å². The lowest BCUT2D eigenvalue weighted by atomic mass is 9.87. The molecule has 5 nitrogen and oxygen atoms in total. The lowest BCUT2D eigenvalue weighted by molar-refractivity contribution is -0.123. The van der Waals surface area contributed by atoms with Crippen LogP contribution in [0, 0.1) is 5.92 Å². The van der Waals surface area contributed by atoms with Crippen molar-refractivity contribution in [3.63, 3.8) is 0 Å². The summed E-state index contributed by atoms with van der Waals surface area (Å²) in [7, 11) is 2.05. The first-order valence-corrected chi connectivity index (χ1v) is 8.54. The van der Waals surface area contributed by atoms with Crippen LogP contribution < -0.4 is 10.6 Å². The molecule has 1 amide bonds. The molecule has 122 valence electrons. The maximum Gasteiger partial charge on any atom is 0.234 e. The number of hydrogen-bond donors (Lipinski definition) is 2. The molecule has 1 aliphatic carbocycles. The number of carbonyl (C=O) groups is 1. The highest BCUT2D eigenvalue weighted by atomic mass is 16.2. The molecule has 1 heterocycles. The number of likely N-dealkylation sites (N-methyl/N-ethyl adjacent to an activating group) is 1. The Balaban J connectivity index is 1.58.